The van der Waals surface area contributed by atoms with E-state index in [1.54, 1.807) is 0 Å². The Kier molecular flexibility index (Phi) is 6.74. The van der Waals surface area contributed by atoms with Crippen LogP contribution in [0.15, 0.2) is 41.3 Å². The molecule has 0 aromatic heterocycles. The van der Waals surface area contributed by atoms with Crippen LogP contribution in [0.25, 0.3) is 0 Å². The van der Waals surface area contributed by atoms with E-state index in [4.69, 9.17) is 21.1 Å². The molecule has 2 atom stereocenters. The second-order valence-corrected chi connectivity index (χ2v) is 13.7. The van der Waals surface area contributed by atoms with Crippen LogP contribution in [0.1, 0.15) is 38.2 Å². The van der Waals surface area contributed by atoms with Crippen molar-refractivity contribution in [2.45, 2.75) is 47.9 Å². The van der Waals surface area contributed by atoms with E-state index in [2.05, 4.69) is 0 Å². The summed E-state index contributed by atoms with van der Waals surface area (Å²) in [6.07, 6.45) is 1.09. The van der Waals surface area contributed by atoms with Crippen molar-refractivity contribution in [2.24, 2.45) is 0 Å². The monoisotopic (exact) mass is 534 g/mol. The molecule has 11 heteroatoms. The van der Waals surface area contributed by atoms with Crippen molar-refractivity contribution in [3.05, 3.63) is 58.6 Å². The van der Waals surface area contributed by atoms with Crippen molar-refractivity contribution in [1.29, 1.82) is 0 Å². The van der Waals surface area contributed by atoms with Gasteiger partial charge in [0.15, 0.2) is 31.2 Å². The zero-order chi connectivity index (χ0) is 24.8. The van der Waals surface area contributed by atoms with Crippen molar-refractivity contribution >= 4 is 31.3 Å². The Morgan fingerprint density at radius 2 is 1.65 bits per heavy atom. The number of sulfone groups is 2. The Hall–Kier alpha value is -1.75. The smallest absolute Gasteiger partial charge is 0.191 e. The topological polar surface area (TPSA) is 86.7 Å². The van der Waals surface area contributed by atoms with Crippen LogP contribution in [0.2, 0.25) is 5.02 Å². The van der Waals surface area contributed by atoms with E-state index in [0.717, 1.165) is 12.1 Å². The van der Waals surface area contributed by atoms with E-state index in [1.165, 1.54) is 31.2 Å². The minimum atomic E-state index is -4.40. The van der Waals surface area contributed by atoms with Crippen LogP contribution >= 0.6 is 11.6 Å². The number of benzene rings is 2. The van der Waals surface area contributed by atoms with Gasteiger partial charge in [-0.3, -0.25) is 0 Å². The maximum absolute atomic E-state index is 15.4. The molecule has 0 N–H and O–H groups in total. The van der Waals surface area contributed by atoms with Crippen LogP contribution in [0, 0.1) is 11.6 Å². The minimum absolute atomic E-state index is 0.0464. The lowest BCUT2D eigenvalue weighted by Crippen LogP contribution is -2.65. The number of hydrogen-bond acceptors (Lipinski definition) is 6. The molecule has 186 valence electrons. The van der Waals surface area contributed by atoms with Crippen molar-refractivity contribution in [1.82, 2.24) is 0 Å². The first-order valence-electron chi connectivity index (χ1n) is 11.0. The van der Waals surface area contributed by atoms with Crippen molar-refractivity contribution in [3.63, 3.8) is 0 Å². The maximum Gasteiger partial charge on any atom is 0.191 e. The molecular formula is C23H25ClF2O6S2. The summed E-state index contributed by atoms with van der Waals surface area (Å²) >= 11 is 5.96. The molecule has 4 rings (SSSR count). The third kappa shape index (κ3) is 3.92. The standard InChI is InChI=1S/C23H25ClF2O6S2/c1-2-33(27,28)14-13-32-22-11-3-4-12-23(22,34(29,30)17-7-5-16(24)6-8-17)20-18(25)9-10-19(26)21(20)31-15-22/h5-10H,2-4,11-15H2,1H3/t22-,23+/m0/s1. The Morgan fingerprint density at radius 1 is 1.00 bits per heavy atom. The largest absolute Gasteiger partial charge is 0.487 e. The molecule has 1 aliphatic carbocycles. The van der Waals surface area contributed by atoms with Crippen LogP contribution in [-0.2, 0) is 29.2 Å². The molecule has 0 radical (unpaired) electrons. The van der Waals surface area contributed by atoms with E-state index >= 15 is 4.39 Å². The van der Waals surface area contributed by atoms with Crippen LogP contribution in [-0.4, -0.2) is 47.2 Å². The third-order valence-electron chi connectivity index (χ3n) is 6.80. The highest BCUT2D eigenvalue weighted by Crippen LogP contribution is 2.59. The molecule has 2 aliphatic rings. The van der Waals surface area contributed by atoms with Crippen LogP contribution in [0.5, 0.6) is 5.75 Å². The predicted molar refractivity (Wildman–Crippen MR) is 124 cm³/mol. The van der Waals surface area contributed by atoms with Gasteiger partial charge in [0.25, 0.3) is 0 Å². The van der Waals surface area contributed by atoms with Gasteiger partial charge in [-0.2, -0.15) is 0 Å². The second kappa shape index (κ2) is 9.04. The normalized spacial score (nSPS) is 24.7. The fourth-order valence-electron chi connectivity index (χ4n) is 5.06. The summed E-state index contributed by atoms with van der Waals surface area (Å²) in [6, 6.07) is 7.22. The van der Waals surface area contributed by atoms with E-state index in [9.17, 15) is 21.2 Å². The van der Waals surface area contributed by atoms with Gasteiger partial charge in [-0.1, -0.05) is 31.4 Å². The molecule has 1 heterocycles. The molecule has 2 aromatic rings. The van der Waals surface area contributed by atoms with Gasteiger partial charge < -0.3 is 9.47 Å². The summed E-state index contributed by atoms with van der Waals surface area (Å²) in [4.78, 5) is -0.121. The Balaban J connectivity index is 1.96. The summed E-state index contributed by atoms with van der Waals surface area (Å²) < 4.78 is 92.7. The van der Waals surface area contributed by atoms with Crippen molar-refractivity contribution in [2.75, 3.05) is 24.7 Å². The molecule has 0 saturated heterocycles. The maximum atomic E-state index is 15.4. The molecule has 1 aliphatic heterocycles. The Bertz CT molecular complexity index is 1300. The lowest BCUT2D eigenvalue weighted by molar-refractivity contribution is -0.128. The van der Waals surface area contributed by atoms with Gasteiger partial charge in [0.1, 0.15) is 22.8 Å². The van der Waals surface area contributed by atoms with E-state index in [-0.39, 0.29) is 42.5 Å². The average molecular weight is 535 g/mol. The van der Waals surface area contributed by atoms with Gasteiger partial charge in [-0.25, -0.2) is 25.6 Å². The third-order valence-corrected chi connectivity index (χ3v) is 11.3. The minimum Gasteiger partial charge on any atom is -0.487 e. The first kappa shape index (κ1) is 25.3. The van der Waals surface area contributed by atoms with E-state index in [1.807, 2.05) is 0 Å². The fourth-order valence-corrected chi connectivity index (χ4v) is 8.29. The lowest BCUT2D eigenvalue weighted by atomic mass is 9.69. The number of ether oxygens (including phenoxy) is 2. The molecule has 1 saturated carbocycles. The number of fused-ring (bicyclic) bond motifs is 3. The molecule has 0 unspecified atom stereocenters. The van der Waals surface area contributed by atoms with Crippen LogP contribution < -0.4 is 4.74 Å². The van der Waals surface area contributed by atoms with Crippen molar-refractivity contribution < 1.29 is 35.1 Å². The molecular weight excluding hydrogens is 510 g/mol. The van der Waals surface area contributed by atoms with Gasteiger partial charge in [-0.05, 0) is 49.2 Å². The first-order valence-corrected chi connectivity index (χ1v) is 14.6. The predicted octanol–water partition coefficient (Wildman–Crippen LogP) is 4.44. The second-order valence-electron chi connectivity index (χ2n) is 8.59. The quantitative estimate of drug-likeness (QED) is 0.522. The molecule has 6 nitrogen and oxygen atoms in total. The molecule has 0 amide bonds. The molecule has 0 spiro atoms. The molecule has 1 fully saturated rings. The van der Waals surface area contributed by atoms with E-state index < -0.39 is 53.0 Å². The molecule has 34 heavy (non-hydrogen) atoms. The average Bonchev–Trinajstić information content (AvgIpc) is 2.81. The van der Waals surface area contributed by atoms with Crippen LogP contribution in [0.4, 0.5) is 8.78 Å². The summed E-state index contributed by atoms with van der Waals surface area (Å²) in [7, 11) is -7.82. The first-order chi connectivity index (χ1) is 16.0. The summed E-state index contributed by atoms with van der Waals surface area (Å²) in [5.74, 6) is -2.70. The molecule has 0 bridgehead atoms. The van der Waals surface area contributed by atoms with Crippen LogP contribution in [0.3, 0.4) is 0 Å². The van der Waals surface area contributed by atoms with Gasteiger partial charge in [-0.15, -0.1) is 0 Å². The highest BCUT2D eigenvalue weighted by molar-refractivity contribution is 7.92. The van der Waals surface area contributed by atoms with E-state index in [0.29, 0.717) is 17.9 Å². The lowest BCUT2D eigenvalue weighted by Gasteiger charge is -2.54. The fraction of sp³-hybridized carbons (Fsp3) is 0.478. The number of hydrogen-bond donors (Lipinski definition) is 0. The number of halogens is 3. The number of rotatable bonds is 7. The van der Waals surface area contributed by atoms with Gasteiger partial charge in [0.05, 0.1) is 22.8 Å². The van der Waals surface area contributed by atoms with Gasteiger partial charge in [0.2, 0.25) is 0 Å². The van der Waals surface area contributed by atoms with Crippen molar-refractivity contribution in [3.8, 4) is 5.75 Å². The Morgan fingerprint density at radius 3 is 2.32 bits per heavy atom. The Labute approximate surface area is 203 Å². The van der Waals surface area contributed by atoms with Gasteiger partial charge in [0, 0.05) is 10.8 Å². The zero-order valence-electron chi connectivity index (χ0n) is 18.5. The SMILES string of the molecule is CCS(=O)(=O)CCO[C@]12CCCC[C@@]1(S(=O)(=O)c1ccc(Cl)cc1)c1c(F)ccc(F)c1OC2. The molecule has 2 aromatic carbocycles. The summed E-state index contributed by atoms with van der Waals surface area (Å²) in [6.45, 7) is 0.838. The summed E-state index contributed by atoms with van der Waals surface area (Å²) in [5, 5.41) is 0.317. The zero-order valence-corrected chi connectivity index (χ0v) is 20.9. The van der Waals surface area contributed by atoms with Gasteiger partial charge >= 0.3 is 0 Å². The highest BCUT2D eigenvalue weighted by Gasteiger charge is 2.67. The highest BCUT2D eigenvalue weighted by atomic mass is 35.5. The summed E-state index contributed by atoms with van der Waals surface area (Å²) in [5.41, 5.74) is -2.03.